The zero-order chi connectivity index (χ0) is 13.1. The van der Waals surface area contributed by atoms with Gasteiger partial charge in [0.05, 0.1) is 11.8 Å². The molecule has 0 atom stereocenters. The molecule has 94 valence electrons. The first-order valence-electron chi connectivity index (χ1n) is 5.33. The van der Waals surface area contributed by atoms with Gasteiger partial charge in [-0.15, -0.1) is 0 Å². The lowest BCUT2D eigenvalue weighted by atomic mass is 10.2. The van der Waals surface area contributed by atoms with Crippen LogP contribution in [0.15, 0.2) is 28.9 Å². The van der Waals surface area contributed by atoms with Crippen molar-refractivity contribution in [1.82, 2.24) is 15.5 Å². The molecular weight excluding hydrogens is 298 g/mol. The van der Waals surface area contributed by atoms with Crippen molar-refractivity contribution in [3.8, 4) is 5.75 Å². The number of phenolic OH excluding ortho intramolecular Hbond substituents is 1. The summed E-state index contributed by atoms with van der Waals surface area (Å²) >= 11 is 3.22. The number of aromatic amines is 1. The quantitative estimate of drug-likeness (QED) is 0.812. The molecule has 0 fully saturated rings. The average Bonchev–Trinajstić information content (AvgIpc) is 2.72. The minimum atomic E-state index is -0.319. The zero-order valence-electron chi connectivity index (χ0n) is 9.70. The van der Waals surface area contributed by atoms with E-state index >= 15 is 0 Å². The third kappa shape index (κ3) is 2.70. The molecule has 0 saturated carbocycles. The Kier molecular flexibility index (Phi) is 3.66. The highest BCUT2D eigenvalue weighted by Crippen LogP contribution is 2.22. The Morgan fingerprint density at radius 3 is 2.94 bits per heavy atom. The van der Waals surface area contributed by atoms with Crippen molar-refractivity contribution in [3.05, 3.63) is 45.7 Å². The third-order valence-electron chi connectivity index (χ3n) is 2.58. The smallest absolute Gasteiger partial charge is 0.255 e. The third-order valence-corrected chi connectivity index (χ3v) is 3.07. The molecule has 0 aliphatic heterocycles. The number of aromatic nitrogens is 2. The maximum Gasteiger partial charge on any atom is 0.255 e. The van der Waals surface area contributed by atoms with Gasteiger partial charge in [0.1, 0.15) is 5.75 Å². The van der Waals surface area contributed by atoms with E-state index < -0.39 is 0 Å². The van der Waals surface area contributed by atoms with E-state index in [4.69, 9.17) is 0 Å². The molecule has 0 bridgehead atoms. The summed E-state index contributed by atoms with van der Waals surface area (Å²) < 4.78 is 0.724. The van der Waals surface area contributed by atoms with Crippen LogP contribution in [-0.4, -0.2) is 21.2 Å². The molecule has 5 nitrogen and oxygen atoms in total. The van der Waals surface area contributed by atoms with Crippen LogP contribution >= 0.6 is 15.9 Å². The number of hydrogen-bond acceptors (Lipinski definition) is 3. The van der Waals surface area contributed by atoms with Crippen molar-refractivity contribution in [1.29, 1.82) is 0 Å². The molecule has 1 amide bonds. The van der Waals surface area contributed by atoms with Gasteiger partial charge >= 0.3 is 0 Å². The van der Waals surface area contributed by atoms with Crippen LogP contribution < -0.4 is 5.32 Å². The number of hydrogen-bond donors (Lipinski definition) is 3. The number of nitrogens with one attached hydrogen (secondary N) is 2. The van der Waals surface area contributed by atoms with Gasteiger partial charge in [-0.3, -0.25) is 9.89 Å². The predicted octanol–water partition coefficient (Wildman–Crippen LogP) is 2.12. The maximum absolute atomic E-state index is 11.9. The van der Waals surface area contributed by atoms with Gasteiger partial charge in [0.2, 0.25) is 0 Å². The van der Waals surface area contributed by atoms with Crippen molar-refractivity contribution < 1.29 is 9.90 Å². The first kappa shape index (κ1) is 12.6. The highest BCUT2D eigenvalue weighted by molar-refractivity contribution is 9.10. The van der Waals surface area contributed by atoms with E-state index in [1.165, 1.54) is 6.07 Å². The number of H-pyrrole nitrogens is 1. The van der Waals surface area contributed by atoms with Gasteiger partial charge in [-0.1, -0.05) is 15.9 Å². The molecule has 0 radical (unpaired) electrons. The number of aryl methyl sites for hydroxylation is 1. The first-order valence-corrected chi connectivity index (χ1v) is 6.13. The molecular formula is C12H12BrN3O2. The summed E-state index contributed by atoms with van der Waals surface area (Å²) in [5, 5.41) is 19.1. The monoisotopic (exact) mass is 309 g/mol. The molecule has 2 rings (SSSR count). The second-order valence-electron chi connectivity index (χ2n) is 3.86. The number of amides is 1. The molecule has 2 aromatic rings. The molecule has 0 unspecified atom stereocenters. The Hall–Kier alpha value is -1.82. The van der Waals surface area contributed by atoms with E-state index in [0.717, 1.165) is 15.7 Å². The summed E-state index contributed by atoms with van der Waals surface area (Å²) in [5.74, 6) is -0.369. The largest absolute Gasteiger partial charge is 0.507 e. The van der Waals surface area contributed by atoms with E-state index in [1.54, 1.807) is 18.3 Å². The first-order chi connectivity index (χ1) is 8.58. The van der Waals surface area contributed by atoms with E-state index in [-0.39, 0.29) is 17.2 Å². The number of benzene rings is 1. The fourth-order valence-corrected chi connectivity index (χ4v) is 1.87. The van der Waals surface area contributed by atoms with Crippen LogP contribution in [0.1, 0.15) is 21.6 Å². The maximum atomic E-state index is 11.9. The Balaban J connectivity index is 2.06. The number of phenols is 1. The molecule has 18 heavy (non-hydrogen) atoms. The summed E-state index contributed by atoms with van der Waals surface area (Å²) in [6.07, 6.45) is 1.66. The van der Waals surface area contributed by atoms with Crippen molar-refractivity contribution in [3.63, 3.8) is 0 Å². The van der Waals surface area contributed by atoms with Gasteiger partial charge in [-0.05, 0) is 25.1 Å². The van der Waals surface area contributed by atoms with Crippen LogP contribution in [0.25, 0.3) is 0 Å². The summed E-state index contributed by atoms with van der Waals surface area (Å²) in [6, 6.07) is 4.76. The standard InChI is InChI=1S/C12H12BrN3O2/c1-7-8(6-15-16-7)5-14-12(18)10-3-2-9(13)4-11(10)17/h2-4,6,17H,5H2,1H3,(H,14,18)(H,15,16). The molecule has 1 aromatic carbocycles. The van der Waals surface area contributed by atoms with Gasteiger partial charge in [0.15, 0.2) is 0 Å². The van der Waals surface area contributed by atoms with Crippen LogP contribution in [0.3, 0.4) is 0 Å². The van der Waals surface area contributed by atoms with Crippen LogP contribution in [-0.2, 0) is 6.54 Å². The van der Waals surface area contributed by atoms with Crippen LogP contribution in [0.2, 0.25) is 0 Å². The van der Waals surface area contributed by atoms with Crippen LogP contribution in [0.4, 0.5) is 0 Å². The zero-order valence-corrected chi connectivity index (χ0v) is 11.3. The summed E-state index contributed by atoms with van der Waals surface area (Å²) in [6.45, 7) is 2.25. The molecule has 1 aromatic heterocycles. The predicted molar refractivity (Wildman–Crippen MR) is 70.3 cm³/mol. The molecule has 0 spiro atoms. The molecule has 0 aliphatic rings. The van der Waals surface area contributed by atoms with Gasteiger partial charge in [0, 0.05) is 22.3 Å². The summed E-state index contributed by atoms with van der Waals surface area (Å²) in [7, 11) is 0. The van der Waals surface area contributed by atoms with E-state index in [2.05, 4.69) is 31.4 Å². The number of halogens is 1. The van der Waals surface area contributed by atoms with Crippen molar-refractivity contribution >= 4 is 21.8 Å². The van der Waals surface area contributed by atoms with Gasteiger partial charge in [0.25, 0.3) is 5.91 Å². The van der Waals surface area contributed by atoms with Gasteiger partial charge < -0.3 is 10.4 Å². The number of nitrogens with zero attached hydrogens (tertiary/aromatic N) is 1. The highest BCUT2D eigenvalue weighted by Gasteiger charge is 2.11. The lowest BCUT2D eigenvalue weighted by Gasteiger charge is -2.06. The second kappa shape index (κ2) is 5.22. The topological polar surface area (TPSA) is 78.0 Å². The van der Waals surface area contributed by atoms with E-state index in [9.17, 15) is 9.90 Å². The number of carbonyl (C=O) groups excluding carboxylic acids is 1. The lowest BCUT2D eigenvalue weighted by molar-refractivity contribution is 0.0948. The van der Waals surface area contributed by atoms with Crippen molar-refractivity contribution in [2.24, 2.45) is 0 Å². The van der Waals surface area contributed by atoms with Crippen molar-refractivity contribution in [2.45, 2.75) is 13.5 Å². The molecule has 1 heterocycles. The average molecular weight is 310 g/mol. The minimum absolute atomic E-state index is 0.0502. The SMILES string of the molecule is Cc1[nH]ncc1CNC(=O)c1ccc(Br)cc1O. The molecule has 0 aliphatic carbocycles. The van der Waals surface area contributed by atoms with Crippen molar-refractivity contribution in [2.75, 3.05) is 0 Å². The summed E-state index contributed by atoms with van der Waals surface area (Å²) in [4.78, 5) is 11.9. The normalized spacial score (nSPS) is 10.3. The van der Waals surface area contributed by atoms with Gasteiger partial charge in [-0.2, -0.15) is 5.10 Å². The Morgan fingerprint density at radius 1 is 1.56 bits per heavy atom. The van der Waals surface area contributed by atoms with E-state index in [0.29, 0.717) is 6.54 Å². The molecule has 0 saturated heterocycles. The van der Waals surface area contributed by atoms with E-state index in [1.807, 2.05) is 6.92 Å². The highest BCUT2D eigenvalue weighted by atomic mass is 79.9. The second-order valence-corrected chi connectivity index (χ2v) is 4.78. The van der Waals surface area contributed by atoms with Crippen LogP contribution in [0.5, 0.6) is 5.75 Å². The fourth-order valence-electron chi connectivity index (χ4n) is 1.52. The molecule has 3 N–H and O–H groups in total. The Morgan fingerprint density at radius 2 is 2.33 bits per heavy atom. The Bertz CT molecular complexity index is 580. The lowest BCUT2D eigenvalue weighted by Crippen LogP contribution is -2.23. The minimum Gasteiger partial charge on any atom is -0.507 e. The number of rotatable bonds is 3. The number of aromatic hydroxyl groups is 1. The van der Waals surface area contributed by atoms with Crippen LogP contribution in [0, 0.1) is 6.92 Å². The molecule has 6 heteroatoms. The van der Waals surface area contributed by atoms with Gasteiger partial charge in [-0.25, -0.2) is 0 Å². The fraction of sp³-hybridized carbons (Fsp3) is 0.167. The number of carbonyl (C=O) groups is 1. The Labute approximate surface area is 112 Å². The summed E-state index contributed by atoms with van der Waals surface area (Å²) in [5.41, 5.74) is 2.08.